The van der Waals surface area contributed by atoms with Crippen LogP contribution in [0.25, 0.3) is 0 Å². The smallest absolute Gasteiger partial charge is 0.304 e. The highest BCUT2D eigenvalue weighted by molar-refractivity contribution is 5.67. The van der Waals surface area contributed by atoms with E-state index in [0.717, 1.165) is 0 Å². The minimum absolute atomic E-state index is 0.00852. The van der Waals surface area contributed by atoms with Crippen molar-refractivity contribution >= 4 is 17.9 Å². The number of rotatable bonds is 12. The van der Waals surface area contributed by atoms with E-state index >= 15 is 0 Å². The van der Waals surface area contributed by atoms with Gasteiger partial charge in [0.1, 0.15) is 0 Å². The highest BCUT2D eigenvalue weighted by Gasteiger charge is 2.13. The zero-order valence-electron chi connectivity index (χ0n) is 11.5. The molecule has 0 spiro atoms. The molecule has 0 fully saturated rings. The van der Waals surface area contributed by atoms with Gasteiger partial charge in [-0.15, -0.1) is 0 Å². The van der Waals surface area contributed by atoms with Crippen LogP contribution in [0.5, 0.6) is 0 Å². The van der Waals surface area contributed by atoms with Gasteiger partial charge in [-0.2, -0.15) is 0 Å². The number of hydrogen-bond acceptors (Lipinski definition) is 5. The maximum atomic E-state index is 10.6. The van der Waals surface area contributed by atoms with Crippen molar-refractivity contribution in [3.8, 4) is 0 Å². The van der Waals surface area contributed by atoms with E-state index in [2.05, 4.69) is 5.32 Å². The summed E-state index contributed by atoms with van der Waals surface area (Å²) in [4.78, 5) is 33.2. The van der Waals surface area contributed by atoms with Crippen molar-refractivity contribution in [2.75, 3.05) is 26.2 Å². The van der Waals surface area contributed by atoms with Gasteiger partial charge in [-0.25, -0.2) is 0 Å². The topological polar surface area (TPSA) is 127 Å². The maximum absolute atomic E-state index is 10.6. The van der Waals surface area contributed by atoms with Gasteiger partial charge in [-0.3, -0.25) is 14.4 Å². The summed E-state index contributed by atoms with van der Waals surface area (Å²) in [5, 5.41) is 28.8. The van der Waals surface area contributed by atoms with Gasteiger partial charge in [-0.05, 0) is 6.92 Å². The first-order valence-corrected chi connectivity index (χ1v) is 6.42. The SMILES string of the molecule is C[C@H](CN(CCC(=O)O)CCC(=O)O)NCCC(=O)O. The van der Waals surface area contributed by atoms with Crippen molar-refractivity contribution in [1.29, 1.82) is 0 Å². The second kappa shape index (κ2) is 10.2. The normalized spacial score (nSPS) is 12.3. The van der Waals surface area contributed by atoms with E-state index in [1.807, 2.05) is 6.92 Å². The molecule has 0 bridgehead atoms. The molecular weight excluding hydrogens is 268 g/mol. The zero-order valence-corrected chi connectivity index (χ0v) is 11.5. The van der Waals surface area contributed by atoms with E-state index < -0.39 is 17.9 Å². The Morgan fingerprint density at radius 2 is 1.40 bits per heavy atom. The summed E-state index contributed by atoms with van der Waals surface area (Å²) in [7, 11) is 0. The molecule has 8 heteroatoms. The van der Waals surface area contributed by atoms with E-state index in [1.165, 1.54) is 0 Å². The van der Waals surface area contributed by atoms with Gasteiger partial charge in [0.2, 0.25) is 0 Å². The molecule has 116 valence electrons. The second-order valence-electron chi connectivity index (χ2n) is 4.59. The van der Waals surface area contributed by atoms with Crippen LogP contribution in [0, 0.1) is 0 Å². The fraction of sp³-hybridized carbons (Fsp3) is 0.750. The summed E-state index contributed by atoms with van der Waals surface area (Å²) in [5.74, 6) is -2.76. The Hall–Kier alpha value is -1.67. The van der Waals surface area contributed by atoms with Crippen LogP contribution >= 0.6 is 0 Å². The number of aliphatic carboxylic acids is 3. The van der Waals surface area contributed by atoms with Crippen molar-refractivity contribution in [3.05, 3.63) is 0 Å². The Kier molecular flexibility index (Phi) is 9.31. The molecule has 0 aliphatic carbocycles. The van der Waals surface area contributed by atoms with Crippen LogP contribution < -0.4 is 5.32 Å². The molecule has 0 aromatic carbocycles. The Morgan fingerprint density at radius 3 is 1.80 bits per heavy atom. The van der Waals surface area contributed by atoms with Crippen LogP contribution in [0.2, 0.25) is 0 Å². The second-order valence-corrected chi connectivity index (χ2v) is 4.59. The molecule has 20 heavy (non-hydrogen) atoms. The average molecular weight is 290 g/mol. The number of carboxylic acid groups (broad SMARTS) is 3. The van der Waals surface area contributed by atoms with Crippen molar-refractivity contribution in [2.45, 2.75) is 32.2 Å². The van der Waals surface area contributed by atoms with E-state index in [4.69, 9.17) is 15.3 Å². The number of nitrogens with one attached hydrogen (secondary N) is 1. The number of carboxylic acids is 3. The summed E-state index contributed by atoms with van der Waals surface area (Å²) in [6.07, 6.45) is -0.0997. The van der Waals surface area contributed by atoms with Crippen molar-refractivity contribution in [2.24, 2.45) is 0 Å². The van der Waals surface area contributed by atoms with Gasteiger partial charge in [0.15, 0.2) is 0 Å². The molecule has 0 aliphatic heterocycles. The third-order valence-corrected chi connectivity index (χ3v) is 2.65. The third-order valence-electron chi connectivity index (χ3n) is 2.65. The fourth-order valence-electron chi connectivity index (χ4n) is 1.68. The van der Waals surface area contributed by atoms with Gasteiger partial charge in [0.25, 0.3) is 0 Å². The van der Waals surface area contributed by atoms with Crippen LogP contribution in [0.3, 0.4) is 0 Å². The highest BCUT2D eigenvalue weighted by atomic mass is 16.4. The van der Waals surface area contributed by atoms with Crippen LogP contribution in [0.4, 0.5) is 0 Å². The standard InChI is InChI=1S/C12H22N2O6/c1-9(13-5-2-10(15)16)8-14(6-3-11(17)18)7-4-12(19)20/h9,13H,2-8H2,1H3,(H,15,16)(H,17,18)(H,19,20)/t9-/m1/s1. The van der Waals surface area contributed by atoms with E-state index in [1.54, 1.807) is 4.90 Å². The van der Waals surface area contributed by atoms with Crippen molar-refractivity contribution < 1.29 is 29.7 Å². The molecule has 1 atom stereocenters. The Labute approximate surface area is 117 Å². The predicted octanol–water partition coefficient (Wildman–Crippen LogP) is -0.309. The van der Waals surface area contributed by atoms with Crippen LogP contribution in [0.15, 0.2) is 0 Å². The quantitative estimate of drug-likeness (QED) is 0.385. The first kappa shape index (κ1) is 18.3. The van der Waals surface area contributed by atoms with E-state index in [-0.39, 0.29) is 38.4 Å². The minimum Gasteiger partial charge on any atom is -0.481 e. The summed E-state index contributed by atoms with van der Waals surface area (Å²) < 4.78 is 0. The van der Waals surface area contributed by atoms with Gasteiger partial charge in [0.05, 0.1) is 19.3 Å². The Bertz CT molecular complexity index is 316. The molecule has 0 heterocycles. The molecule has 0 aromatic heterocycles. The van der Waals surface area contributed by atoms with Gasteiger partial charge in [0, 0.05) is 32.2 Å². The van der Waals surface area contributed by atoms with Crippen molar-refractivity contribution in [1.82, 2.24) is 10.2 Å². The monoisotopic (exact) mass is 290 g/mol. The molecule has 0 saturated carbocycles. The Balaban J connectivity index is 4.12. The summed E-state index contributed by atoms with van der Waals surface area (Å²) >= 11 is 0. The molecular formula is C12H22N2O6. The third kappa shape index (κ3) is 11.4. The minimum atomic E-state index is -0.934. The lowest BCUT2D eigenvalue weighted by atomic mass is 10.2. The van der Waals surface area contributed by atoms with Gasteiger partial charge in [-0.1, -0.05) is 0 Å². The molecule has 0 rings (SSSR count). The lowest BCUT2D eigenvalue weighted by Gasteiger charge is -2.25. The molecule has 0 aliphatic rings. The highest BCUT2D eigenvalue weighted by Crippen LogP contribution is 1.98. The largest absolute Gasteiger partial charge is 0.481 e. The van der Waals surface area contributed by atoms with Crippen molar-refractivity contribution in [3.63, 3.8) is 0 Å². The summed E-state index contributed by atoms with van der Waals surface area (Å²) in [6, 6.07) is -0.0445. The number of hydrogen-bond donors (Lipinski definition) is 4. The zero-order chi connectivity index (χ0) is 15.5. The lowest BCUT2D eigenvalue weighted by molar-refractivity contribution is -0.138. The number of carbonyl (C=O) groups is 3. The fourth-order valence-corrected chi connectivity index (χ4v) is 1.68. The summed E-state index contributed by atoms with van der Waals surface area (Å²) in [6.45, 7) is 3.18. The van der Waals surface area contributed by atoms with Gasteiger partial charge < -0.3 is 25.5 Å². The predicted molar refractivity (Wildman–Crippen MR) is 70.7 cm³/mol. The average Bonchev–Trinajstić information content (AvgIpc) is 2.31. The molecule has 8 nitrogen and oxygen atoms in total. The summed E-state index contributed by atoms with van der Waals surface area (Å²) in [5.41, 5.74) is 0. The molecule has 0 saturated heterocycles. The van der Waals surface area contributed by atoms with Crippen LogP contribution in [0.1, 0.15) is 26.2 Å². The maximum Gasteiger partial charge on any atom is 0.304 e. The number of nitrogens with zero attached hydrogens (tertiary/aromatic N) is 1. The molecule has 0 unspecified atom stereocenters. The van der Waals surface area contributed by atoms with Crippen LogP contribution in [-0.4, -0.2) is 70.3 Å². The first-order valence-electron chi connectivity index (χ1n) is 6.42. The first-order chi connectivity index (χ1) is 9.31. The molecule has 0 amide bonds. The van der Waals surface area contributed by atoms with Crippen LogP contribution in [-0.2, 0) is 14.4 Å². The lowest BCUT2D eigenvalue weighted by Crippen LogP contribution is -2.41. The van der Waals surface area contributed by atoms with E-state index in [9.17, 15) is 14.4 Å². The molecule has 4 N–H and O–H groups in total. The van der Waals surface area contributed by atoms with Gasteiger partial charge >= 0.3 is 17.9 Å². The molecule has 0 radical (unpaired) electrons. The Morgan fingerprint density at radius 1 is 0.950 bits per heavy atom. The molecule has 0 aromatic rings. The van der Waals surface area contributed by atoms with E-state index in [0.29, 0.717) is 13.1 Å².